The number of hydrogen-bond acceptors (Lipinski definition) is 4. The smallest absolute Gasteiger partial charge is 0.264 e. The Kier molecular flexibility index (Phi) is 5.10. The topological polar surface area (TPSA) is 58.1 Å². The molecule has 1 aromatic heterocycles. The molecule has 2 aromatic carbocycles. The number of nitrogens with zero attached hydrogens (tertiary/aromatic N) is 3. The van der Waals surface area contributed by atoms with Crippen LogP contribution < -0.4 is 10.2 Å². The number of benzene rings is 2. The molecule has 0 unspecified atom stereocenters. The first-order valence-electron chi connectivity index (χ1n) is 11.5. The number of carbonyl (C=O) groups is 1. The van der Waals surface area contributed by atoms with Gasteiger partial charge in [-0.25, -0.2) is 18.7 Å². The summed E-state index contributed by atoms with van der Waals surface area (Å²) in [5.74, 6) is 1.43. The average molecular weight is 451 g/mol. The van der Waals surface area contributed by atoms with E-state index >= 15 is 0 Å². The lowest BCUT2D eigenvalue weighted by molar-refractivity contribution is -0.122. The highest BCUT2D eigenvalue weighted by molar-refractivity contribution is 6.10. The minimum absolute atomic E-state index is 0.0485. The molecule has 1 spiro atoms. The summed E-state index contributed by atoms with van der Waals surface area (Å²) < 4.78 is 26.8. The lowest BCUT2D eigenvalue weighted by Crippen LogP contribution is -2.36. The highest BCUT2D eigenvalue weighted by Gasteiger charge is 2.51. The number of fused-ring (bicyclic) bond motifs is 3. The van der Waals surface area contributed by atoms with Crippen molar-refractivity contribution in [3.63, 3.8) is 0 Å². The Bertz CT molecular complexity index is 1270. The second-order valence-corrected chi connectivity index (χ2v) is 9.39. The molecule has 1 amide bonds. The molecular formula is C26H28F2N4O. The van der Waals surface area contributed by atoms with Gasteiger partial charge in [0.25, 0.3) is 6.43 Å². The van der Waals surface area contributed by atoms with Gasteiger partial charge in [-0.3, -0.25) is 4.79 Å². The quantitative estimate of drug-likeness (QED) is 0.518. The number of anilines is 2. The van der Waals surface area contributed by atoms with Crippen molar-refractivity contribution in [1.82, 2.24) is 9.97 Å². The Morgan fingerprint density at radius 2 is 1.79 bits per heavy atom. The highest BCUT2D eigenvalue weighted by Crippen LogP contribution is 2.52. The number of rotatable bonds is 4. The van der Waals surface area contributed by atoms with Crippen LogP contribution in [0, 0.1) is 13.8 Å². The van der Waals surface area contributed by atoms with Crippen LogP contribution in [0.3, 0.4) is 0 Å². The summed E-state index contributed by atoms with van der Waals surface area (Å²) in [6.07, 6.45) is 1.30. The first-order valence-corrected chi connectivity index (χ1v) is 11.5. The first kappa shape index (κ1) is 21.7. The number of aryl methyl sites for hydroxylation is 1. The van der Waals surface area contributed by atoms with Gasteiger partial charge in [-0.1, -0.05) is 31.0 Å². The largest absolute Gasteiger partial charge is 0.363 e. The predicted molar refractivity (Wildman–Crippen MR) is 126 cm³/mol. The van der Waals surface area contributed by atoms with Crippen LogP contribution >= 0.6 is 0 Å². The third kappa shape index (κ3) is 3.28. The van der Waals surface area contributed by atoms with Crippen LogP contribution in [0.25, 0.3) is 10.9 Å². The Hall–Kier alpha value is -3.09. The summed E-state index contributed by atoms with van der Waals surface area (Å²) in [7, 11) is 1.84. The van der Waals surface area contributed by atoms with Gasteiger partial charge in [-0.2, -0.15) is 0 Å². The molecule has 1 N–H and O–H groups in total. The third-order valence-electron chi connectivity index (χ3n) is 7.45. The zero-order chi connectivity index (χ0) is 23.5. The van der Waals surface area contributed by atoms with Crippen LogP contribution in [0.2, 0.25) is 0 Å². The molecule has 0 bridgehead atoms. The van der Waals surface area contributed by atoms with Crippen molar-refractivity contribution in [2.24, 2.45) is 0 Å². The minimum atomic E-state index is -2.51. The number of aromatic nitrogens is 2. The predicted octanol–water partition coefficient (Wildman–Crippen LogP) is 6.15. The van der Waals surface area contributed by atoms with Crippen molar-refractivity contribution in [2.45, 2.75) is 64.3 Å². The molecule has 1 aliphatic carbocycles. The maximum atomic E-state index is 13.4. The fraction of sp³-hybridized carbons (Fsp3) is 0.423. The Balaban J connectivity index is 1.61. The maximum Gasteiger partial charge on any atom is 0.264 e. The normalized spacial score (nSPS) is 17.9. The van der Waals surface area contributed by atoms with E-state index in [4.69, 9.17) is 0 Å². The zero-order valence-electron chi connectivity index (χ0n) is 19.4. The number of hydrogen-bond donors (Lipinski definition) is 1. The van der Waals surface area contributed by atoms with E-state index in [0.29, 0.717) is 17.2 Å². The minimum Gasteiger partial charge on any atom is -0.363 e. The van der Waals surface area contributed by atoms with Crippen LogP contribution in [0.5, 0.6) is 0 Å². The van der Waals surface area contributed by atoms with Crippen LogP contribution in [0.1, 0.15) is 73.2 Å². The lowest BCUT2D eigenvalue weighted by Gasteiger charge is -2.23. The number of amides is 1. The molecule has 0 radical (unpaired) electrons. The summed E-state index contributed by atoms with van der Waals surface area (Å²) >= 11 is 0. The van der Waals surface area contributed by atoms with E-state index in [1.165, 1.54) is 6.07 Å². The van der Waals surface area contributed by atoms with E-state index in [-0.39, 0.29) is 17.5 Å². The Morgan fingerprint density at radius 3 is 2.48 bits per heavy atom. The molecule has 3 aromatic rings. The number of carbonyl (C=O) groups excluding carboxylic acids is 1. The summed E-state index contributed by atoms with van der Waals surface area (Å²) in [6.45, 7) is 5.51. The van der Waals surface area contributed by atoms with Crippen molar-refractivity contribution in [3.8, 4) is 0 Å². The van der Waals surface area contributed by atoms with E-state index in [2.05, 4.69) is 21.4 Å². The van der Waals surface area contributed by atoms with Crippen molar-refractivity contribution >= 4 is 28.3 Å². The van der Waals surface area contributed by atoms with Crippen molar-refractivity contribution < 1.29 is 13.6 Å². The number of nitrogens with one attached hydrogen (secondary N) is 1. The molecule has 2 aliphatic rings. The van der Waals surface area contributed by atoms with Gasteiger partial charge in [0.15, 0.2) is 0 Å². The summed E-state index contributed by atoms with van der Waals surface area (Å²) in [6, 6.07) is 8.84. The van der Waals surface area contributed by atoms with Gasteiger partial charge in [0.2, 0.25) is 5.91 Å². The monoisotopic (exact) mass is 450 g/mol. The molecule has 7 heteroatoms. The van der Waals surface area contributed by atoms with E-state index in [1.54, 1.807) is 17.9 Å². The van der Waals surface area contributed by atoms with Crippen molar-refractivity contribution in [2.75, 3.05) is 17.3 Å². The van der Waals surface area contributed by atoms with E-state index in [9.17, 15) is 13.6 Å². The Labute approximate surface area is 192 Å². The second kappa shape index (κ2) is 7.75. The van der Waals surface area contributed by atoms with E-state index < -0.39 is 11.8 Å². The fourth-order valence-electron chi connectivity index (χ4n) is 5.72. The molecule has 0 saturated heterocycles. The molecule has 1 atom stereocenters. The second-order valence-electron chi connectivity index (χ2n) is 9.39. The van der Waals surface area contributed by atoms with Crippen molar-refractivity contribution in [3.05, 3.63) is 58.4 Å². The lowest BCUT2D eigenvalue weighted by atomic mass is 9.79. The van der Waals surface area contributed by atoms with Gasteiger partial charge < -0.3 is 10.2 Å². The summed E-state index contributed by atoms with van der Waals surface area (Å²) in [5.41, 5.74) is 3.73. The van der Waals surface area contributed by atoms with Crippen LogP contribution in [0.15, 0.2) is 30.3 Å². The van der Waals surface area contributed by atoms with Gasteiger partial charge in [0.1, 0.15) is 11.6 Å². The number of likely N-dealkylation sites (N-methyl/N-ethyl adjacent to an activating group) is 1. The standard InChI is InChI=1S/C26H28F2N4O/c1-14-17(8-7-9-18(14)23(27)28)15(2)29-24-19-12-20-22(13-21(19)30-16(3)31-24)32(4)25(33)26(20)10-5-6-11-26/h7-9,12-13,15,23H,5-6,10-11H2,1-4H3,(H,29,30,31)/t15-/m1/s1. The fourth-order valence-corrected chi connectivity index (χ4v) is 5.72. The maximum absolute atomic E-state index is 13.4. The highest BCUT2D eigenvalue weighted by atomic mass is 19.3. The van der Waals surface area contributed by atoms with Gasteiger partial charge in [0.05, 0.1) is 17.0 Å². The van der Waals surface area contributed by atoms with Crippen molar-refractivity contribution in [1.29, 1.82) is 0 Å². The third-order valence-corrected chi connectivity index (χ3v) is 7.45. The summed E-state index contributed by atoms with van der Waals surface area (Å²) in [5, 5.41) is 4.30. The molecular weight excluding hydrogens is 422 g/mol. The van der Waals surface area contributed by atoms with Crippen LogP contribution in [0.4, 0.5) is 20.3 Å². The number of halogens is 2. The summed E-state index contributed by atoms with van der Waals surface area (Å²) in [4.78, 5) is 24.3. The molecule has 33 heavy (non-hydrogen) atoms. The van der Waals surface area contributed by atoms with Gasteiger partial charge in [-0.05, 0) is 62.4 Å². The van der Waals surface area contributed by atoms with Crippen LogP contribution in [-0.4, -0.2) is 22.9 Å². The van der Waals surface area contributed by atoms with Gasteiger partial charge in [0, 0.05) is 23.7 Å². The molecule has 5 nitrogen and oxygen atoms in total. The molecule has 1 fully saturated rings. The van der Waals surface area contributed by atoms with E-state index in [1.807, 2.05) is 33.0 Å². The molecule has 5 rings (SSSR count). The van der Waals surface area contributed by atoms with Gasteiger partial charge in [-0.15, -0.1) is 0 Å². The molecule has 1 saturated carbocycles. The molecule has 1 aliphatic heterocycles. The van der Waals surface area contributed by atoms with Gasteiger partial charge >= 0.3 is 0 Å². The average Bonchev–Trinajstić information content (AvgIpc) is 3.34. The van der Waals surface area contributed by atoms with Crippen LogP contribution in [-0.2, 0) is 10.2 Å². The Morgan fingerprint density at radius 1 is 1.09 bits per heavy atom. The first-order chi connectivity index (χ1) is 15.7. The molecule has 172 valence electrons. The molecule has 2 heterocycles. The zero-order valence-corrected chi connectivity index (χ0v) is 19.4. The van der Waals surface area contributed by atoms with E-state index in [0.717, 1.165) is 53.4 Å². The number of alkyl halides is 2. The SMILES string of the molecule is Cc1nc(N[C@H](C)c2cccc(C(F)F)c2C)c2cc3c(cc2n1)N(C)C(=O)C31CCCC1.